The lowest BCUT2D eigenvalue weighted by molar-refractivity contribution is -0.137. The molecule has 0 saturated carbocycles. The Morgan fingerprint density at radius 1 is 1.28 bits per heavy atom. The number of hydrogen-bond acceptors (Lipinski definition) is 1. The van der Waals surface area contributed by atoms with E-state index >= 15 is 0 Å². The summed E-state index contributed by atoms with van der Waals surface area (Å²) in [5.74, 6) is 0. The van der Waals surface area contributed by atoms with E-state index in [9.17, 15) is 13.2 Å². The summed E-state index contributed by atoms with van der Waals surface area (Å²) in [6.07, 6.45) is 1.37. The number of halogens is 3. The van der Waals surface area contributed by atoms with Gasteiger partial charge in [-0.15, -0.1) is 11.8 Å². The Morgan fingerprint density at radius 3 is 2.44 bits per heavy atom. The fourth-order valence-electron chi connectivity index (χ4n) is 1.40. The third kappa shape index (κ3) is 3.95. The molecule has 0 aliphatic heterocycles. The van der Waals surface area contributed by atoms with Gasteiger partial charge < -0.3 is 0 Å². The first-order valence-electron chi connectivity index (χ1n) is 5.44. The smallest absolute Gasteiger partial charge is 0.166 e. The molecule has 0 nitrogen and oxygen atoms in total. The van der Waals surface area contributed by atoms with E-state index in [1.165, 1.54) is 23.9 Å². The van der Waals surface area contributed by atoms with Crippen molar-refractivity contribution in [3.05, 3.63) is 53.1 Å². The van der Waals surface area contributed by atoms with Crippen LogP contribution in [0.4, 0.5) is 13.2 Å². The quantitative estimate of drug-likeness (QED) is 0.666. The van der Waals surface area contributed by atoms with Crippen molar-refractivity contribution in [1.29, 1.82) is 0 Å². The standard InChI is InChI=1S/C14H15F3S/c1-4-10(2)8-13(18-3)11-6-5-7-12(9-11)14(15,16)17/h4-9H,1-3H3/b10-4+,13-8-. The maximum atomic E-state index is 12.6. The predicted molar refractivity (Wildman–Crippen MR) is 72.4 cm³/mol. The Hall–Kier alpha value is -1.16. The van der Waals surface area contributed by atoms with Gasteiger partial charge in [0, 0.05) is 4.91 Å². The second-order valence-electron chi connectivity index (χ2n) is 3.82. The monoisotopic (exact) mass is 272 g/mol. The molecule has 0 atom stereocenters. The minimum atomic E-state index is -4.30. The summed E-state index contributed by atoms with van der Waals surface area (Å²) in [4.78, 5) is 0.830. The van der Waals surface area contributed by atoms with Crippen LogP contribution in [-0.2, 0) is 6.18 Å². The highest BCUT2D eigenvalue weighted by molar-refractivity contribution is 8.07. The van der Waals surface area contributed by atoms with Crippen LogP contribution in [0.1, 0.15) is 25.0 Å². The van der Waals surface area contributed by atoms with Crippen molar-refractivity contribution in [2.75, 3.05) is 6.26 Å². The first-order valence-corrected chi connectivity index (χ1v) is 6.67. The molecule has 0 aliphatic rings. The number of hydrogen-bond donors (Lipinski definition) is 0. The van der Waals surface area contributed by atoms with Gasteiger partial charge in [0.15, 0.2) is 0 Å². The topological polar surface area (TPSA) is 0 Å². The van der Waals surface area contributed by atoms with Crippen molar-refractivity contribution in [3.8, 4) is 0 Å². The molecule has 0 heterocycles. The fraction of sp³-hybridized carbons (Fsp3) is 0.286. The van der Waals surface area contributed by atoms with Crippen LogP contribution in [0.5, 0.6) is 0 Å². The van der Waals surface area contributed by atoms with E-state index in [2.05, 4.69) is 0 Å². The molecule has 1 aromatic rings. The molecule has 18 heavy (non-hydrogen) atoms. The zero-order valence-electron chi connectivity index (χ0n) is 10.5. The molecule has 0 bridgehead atoms. The Balaban J connectivity index is 3.20. The summed E-state index contributed by atoms with van der Waals surface area (Å²) in [5, 5.41) is 0. The van der Waals surface area contributed by atoms with Gasteiger partial charge in [-0.3, -0.25) is 0 Å². The number of rotatable bonds is 3. The van der Waals surface area contributed by atoms with Gasteiger partial charge >= 0.3 is 6.18 Å². The second-order valence-corrected chi connectivity index (χ2v) is 4.67. The van der Waals surface area contributed by atoms with Gasteiger partial charge in [0.1, 0.15) is 0 Å². The van der Waals surface area contributed by atoms with Gasteiger partial charge in [0.25, 0.3) is 0 Å². The SMILES string of the molecule is C/C=C(C)/C=C(\SC)c1cccc(C(F)(F)F)c1. The van der Waals surface area contributed by atoms with Gasteiger partial charge in [-0.2, -0.15) is 13.2 Å². The molecule has 98 valence electrons. The third-order valence-electron chi connectivity index (χ3n) is 2.51. The summed E-state index contributed by atoms with van der Waals surface area (Å²) in [5.41, 5.74) is 1.01. The molecule has 1 aromatic carbocycles. The second kappa shape index (κ2) is 6.14. The maximum Gasteiger partial charge on any atom is 0.416 e. The van der Waals surface area contributed by atoms with Gasteiger partial charge in [-0.1, -0.05) is 23.8 Å². The van der Waals surface area contributed by atoms with Crippen LogP contribution < -0.4 is 0 Å². The molecular formula is C14H15F3S. The lowest BCUT2D eigenvalue weighted by Gasteiger charge is -2.10. The van der Waals surface area contributed by atoms with Crippen LogP contribution >= 0.6 is 11.8 Å². The van der Waals surface area contributed by atoms with Crippen molar-refractivity contribution in [2.45, 2.75) is 20.0 Å². The van der Waals surface area contributed by atoms with Crippen molar-refractivity contribution in [1.82, 2.24) is 0 Å². The number of allylic oxidation sites excluding steroid dienone is 3. The van der Waals surface area contributed by atoms with Crippen LogP contribution in [0.3, 0.4) is 0 Å². The molecular weight excluding hydrogens is 257 g/mol. The molecule has 0 spiro atoms. The highest BCUT2D eigenvalue weighted by atomic mass is 32.2. The van der Waals surface area contributed by atoms with E-state index in [1.54, 1.807) is 6.07 Å². The zero-order chi connectivity index (χ0) is 13.8. The Kier molecular flexibility index (Phi) is 5.08. The lowest BCUT2D eigenvalue weighted by Crippen LogP contribution is -2.04. The predicted octanol–water partition coefficient (Wildman–Crippen LogP) is 5.38. The van der Waals surface area contributed by atoms with Crippen molar-refractivity contribution in [2.24, 2.45) is 0 Å². The summed E-state index contributed by atoms with van der Waals surface area (Å²) in [7, 11) is 0. The minimum absolute atomic E-state index is 0.596. The van der Waals surface area contributed by atoms with Crippen LogP contribution in [0.25, 0.3) is 4.91 Å². The first-order chi connectivity index (χ1) is 8.38. The lowest BCUT2D eigenvalue weighted by atomic mass is 10.1. The first kappa shape index (κ1) is 14.9. The Labute approximate surface area is 110 Å². The van der Waals surface area contributed by atoms with Crippen LogP contribution in [0, 0.1) is 0 Å². The van der Waals surface area contributed by atoms with E-state index < -0.39 is 11.7 Å². The molecule has 0 aromatic heterocycles. The molecule has 0 unspecified atom stereocenters. The van der Waals surface area contributed by atoms with Crippen LogP contribution in [0.2, 0.25) is 0 Å². The summed E-state index contributed by atoms with van der Waals surface area (Å²) in [6.45, 7) is 3.82. The highest BCUT2D eigenvalue weighted by Gasteiger charge is 2.30. The molecule has 0 radical (unpaired) electrons. The number of benzene rings is 1. The fourth-order valence-corrected chi connectivity index (χ4v) is 2.07. The molecule has 1 rings (SSSR count). The Morgan fingerprint density at radius 2 is 1.94 bits per heavy atom. The molecule has 4 heteroatoms. The molecule has 0 fully saturated rings. The number of thioether (sulfide) groups is 1. The normalized spacial score (nSPS) is 13.9. The van der Waals surface area contributed by atoms with Crippen LogP contribution in [-0.4, -0.2) is 6.26 Å². The van der Waals surface area contributed by atoms with Gasteiger partial charge in [0.05, 0.1) is 5.56 Å². The van der Waals surface area contributed by atoms with E-state index in [0.717, 1.165) is 16.5 Å². The largest absolute Gasteiger partial charge is 0.416 e. The maximum absolute atomic E-state index is 12.6. The van der Waals surface area contributed by atoms with Crippen LogP contribution in [0.15, 0.2) is 42.0 Å². The molecule has 0 N–H and O–H groups in total. The van der Waals surface area contributed by atoms with Gasteiger partial charge in [-0.25, -0.2) is 0 Å². The van der Waals surface area contributed by atoms with Crippen molar-refractivity contribution in [3.63, 3.8) is 0 Å². The molecule has 0 aliphatic carbocycles. The molecule has 0 saturated heterocycles. The summed E-state index contributed by atoms with van der Waals surface area (Å²) >= 11 is 1.44. The van der Waals surface area contributed by atoms with E-state index in [1.807, 2.05) is 32.3 Å². The highest BCUT2D eigenvalue weighted by Crippen LogP contribution is 2.33. The van der Waals surface area contributed by atoms with E-state index in [0.29, 0.717) is 5.56 Å². The average molecular weight is 272 g/mol. The number of alkyl halides is 3. The van der Waals surface area contributed by atoms with E-state index in [-0.39, 0.29) is 0 Å². The van der Waals surface area contributed by atoms with Gasteiger partial charge in [0.2, 0.25) is 0 Å². The average Bonchev–Trinajstić information content (AvgIpc) is 2.34. The summed E-state index contributed by atoms with van der Waals surface area (Å²) in [6, 6.07) is 5.41. The van der Waals surface area contributed by atoms with Crippen molar-refractivity contribution < 1.29 is 13.2 Å². The third-order valence-corrected chi connectivity index (χ3v) is 3.30. The van der Waals surface area contributed by atoms with E-state index in [4.69, 9.17) is 0 Å². The Bertz CT molecular complexity index is 470. The summed E-state index contributed by atoms with van der Waals surface area (Å²) < 4.78 is 37.9. The zero-order valence-corrected chi connectivity index (χ0v) is 11.3. The molecule has 0 amide bonds. The van der Waals surface area contributed by atoms with Gasteiger partial charge in [-0.05, 0) is 43.9 Å². The van der Waals surface area contributed by atoms with Crippen molar-refractivity contribution >= 4 is 16.7 Å². The minimum Gasteiger partial charge on any atom is -0.166 e.